The molecule has 1 fully saturated rings. The molecule has 5 heteroatoms. The van der Waals surface area contributed by atoms with E-state index in [4.69, 9.17) is 0 Å². The molecule has 0 saturated heterocycles. The topological polar surface area (TPSA) is 54.0 Å². The minimum Gasteiger partial charge on any atom is -0.370 e. The van der Waals surface area contributed by atoms with Gasteiger partial charge in [-0.25, -0.2) is 4.98 Å². The molecule has 4 nitrogen and oxygen atoms in total. The number of nitrogens with zero attached hydrogens (tertiary/aromatic N) is 1. The smallest absolute Gasteiger partial charge is 0.255 e. The van der Waals surface area contributed by atoms with Crippen molar-refractivity contribution < 1.29 is 4.79 Å². The van der Waals surface area contributed by atoms with Gasteiger partial charge in [-0.15, -0.1) is 0 Å². The molecule has 1 heterocycles. The van der Waals surface area contributed by atoms with Gasteiger partial charge in [-0.2, -0.15) is 0 Å². The van der Waals surface area contributed by atoms with Gasteiger partial charge in [0.1, 0.15) is 5.82 Å². The fourth-order valence-corrected chi connectivity index (χ4v) is 2.85. The van der Waals surface area contributed by atoms with Crippen LogP contribution in [0.25, 0.3) is 0 Å². The number of hydrogen-bond donors (Lipinski definition) is 2. The molecule has 0 aromatic carbocycles. The van der Waals surface area contributed by atoms with Crippen molar-refractivity contribution in [3.63, 3.8) is 0 Å². The van der Waals surface area contributed by atoms with Crippen LogP contribution in [0.2, 0.25) is 0 Å². The van der Waals surface area contributed by atoms with E-state index >= 15 is 0 Å². The zero-order chi connectivity index (χ0) is 13.8. The zero-order valence-electron chi connectivity index (χ0n) is 11.4. The van der Waals surface area contributed by atoms with Gasteiger partial charge in [-0.3, -0.25) is 4.79 Å². The molecule has 1 aliphatic carbocycles. The van der Waals surface area contributed by atoms with Gasteiger partial charge in [0, 0.05) is 23.3 Å². The quantitative estimate of drug-likeness (QED) is 0.893. The highest BCUT2D eigenvalue weighted by atomic mass is 79.9. The molecule has 1 aromatic heterocycles. The maximum Gasteiger partial charge on any atom is 0.255 e. The van der Waals surface area contributed by atoms with Crippen LogP contribution < -0.4 is 10.6 Å². The Labute approximate surface area is 122 Å². The molecule has 2 rings (SSSR count). The summed E-state index contributed by atoms with van der Waals surface area (Å²) >= 11 is 3.37. The van der Waals surface area contributed by atoms with Gasteiger partial charge in [0.25, 0.3) is 5.91 Å². The number of carbonyl (C=O) groups excluding carboxylic acids is 1. The van der Waals surface area contributed by atoms with Gasteiger partial charge in [-0.05, 0) is 54.1 Å². The number of aromatic nitrogens is 1. The molecule has 2 unspecified atom stereocenters. The maximum absolute atomic E-state index is 12.3. The Balaban J connectivity index is 2.11. The summed E-state index contributed by atoms with van der Waals surface area (Å²) < 4.78 is 0.819. The minimum atomic E-state index is -0.0381. The van der Waals surface area contributed by atoms with E-state index in [2.05, 4.69) is 38.5 Å². The Kier molecular flexibility index (Phi) is 4.80. The van der Waals surface area contributed by atoms with Gasteiger partial charge in [0.05, 0.1) is 5.56 Å². The van der Waals surface area contributed by atoms with Crippen LogP contribution in [0.3, 0.4) is 0 Å². The summed E-state index contributed by atoms with van der Waals surface area (Å²) in [5.74, 6) is 1.32. The van der Waals surface area contributed by atoms with E-state index in [9.17, 15) is 4.79 Å². The second kappa shape index (κ2) is 6.37. The molecule has 0 spiro atoms. The van der Waals surface area contributed by atoms with E-state index in [0.29, 0.717) is 23.3 Å². The van der Waals surface area contributed by atoms with Crippen LogP contribution in [0.4, 0.5) is 5.82 Å². The van der Waals surface area contributed by atoms with Crippen LogP contribution in [0.1, 0.15) is 43.5 Å². The highest BCUT2D eigenvalue weighted by Gasteiger charge is 2.24. The van der Waals surface area contributed by atoms with E-state index in [1.165, 1.54) is 6.42 Å². The Morgan fingerprint density at radius 3 is 2.95 bits per heavy atom. The van der Waals surface area contributed by atoms with Crippen molar-refractivity contribution in [1.82, 2.24) is 10.3 Å². The average Bonchev–Trinajstić information content (AvgIpc) is 2.77. The summed E-state index contributed by atoms with van der Waals surface area (Å²) in [7, 11) is 0. The van der Waals surface area contributed by atoms with Crippen molar-refractivity contribution in [1.29, 1.82) is 0 Å². The molecule has 19 heavy (non-hydrogen) atoms. The Hall–Kier alpha value is -1.10. The molecule has 104 valence electrons. The Morgan fingerprint density at radius 2 is 2.32 bits per heavy atom. The molecular formula is C14H20BrN3O. The van der Waals surface area contributed by atoms with E-state index in [-0.39, 0.29) is 5.91 Å². The van der Waals surface area contributed by atoms with Gasteiger partial charge in [0.15, 0.2) is 0 Å². The zero-order valence-corrected chi connectivity index (χ0v) is 13.0. The molecule has 0 radical (unpaired) electrons. The van der Waals surface area contributed by atoms with Gasteiger partial charge in [-0.1, -0.05) is 6.92 Å². The first-order chi connectivity index (χ1) is 9.10. The van der Waals surface area contributed by atoms with Crippen LogP contribution >= 0.6 is 15.9 Å². The molecule has 1 aliphatic rings. The molecule has 1 saturated carbocycles. The summed E-state index contributed by atoms with van der Waals surface area (Å²) in [4.78, 5) is 16.6. The third-order valence-electron chi connectivity index (χ3n) is 3.47. The van der Waals surface area contributed by atoms with Crippen LogP contribution in [0.5, 0.6) is 0 Å². The van der Waals surface area contributed by atoms with Crippen molar-refractivity contribution in [2.75, 3.05) is 11.9 Å². The van der Waals surface area contributed by atoms with Gasteiger partial charge < -0.3 is 10.6 Å². The molecule has 0 bridgehead atoms. The third kappa shape index (κ3) is 3.69. The second-order valence-electron chi connectivity index (χ2n) is 5.17. The Morgan fingerprint density at radius 1 is 1.53 bits per heavy atom. The average molecular weight is 326 g/mol. The Bertz CT molecular complexity index is 464. The number of amides is 1. The summed E-state index contributed by atoms with van der Waals surface area (Å²) in [6.45, 7) is 4.97. The lowest BCUT2D eigenvalue weighted by molar-refractivity contribution is 0.0937. The third-order valence-corrected chi connectivity index (χ3v) is 3.91. The van der Waals surface area contributed by atoms with Crippen LogP contribution in [0.15, 0.2) is 16.7 Å². The number of nitrogens with one attached hydrogen (secondary N) is 2. The largest absolute Gasteiger partial charge is 0.370 e. The van der Waals surface area contributed by atoms with Crippen molar-refractivity contribution in [3.05, 3.63) is 22.3 Å². The van der Waals surface area contributed by atoms with Crippen molar-refractivity contribution in [2.24, 2.45) is 5.92 Å². The first-order valence-corrected chi connectivity index (χ1v) is 7.59. The number of halogens is 1. The summed E-state index contributed by atoms with van der Waals surface area (Å²) in [6, 6.07) is 2.12. The van der Waals surface area contributed by atoms with Gasteiger partial charge in [0.2, 0.25) is 0 Å². The number of rotatable bonds is 4. The molecule has 1 amide bonds. The number of hydrogen-bond acceptors (Lipinski definition) is 3. The number of pyridine rings is 1. The van der Waals surface area contributed by atoms with Crippen molar-refractivity contribution in [3.8, 4) is 0 Å². The van der Waals surface area contributed by atoms with Crippen molar-refractivity contribution in [2.45, 2.75) is 39.2 Å². The van der Waals surface area contributed by atoms with Gasteiger partial charge >= 0.3 is 0 Å². The molecular weight excluding hydrogens is 306 g/mol. The monoisotopic (exact) mass is 325 g/mol. The molecule has 1 aromatic rings. The first kappa shape index (κ1) is 14.3. The van der Waals surface area contributed by atoms with E-state index in [1.807, 2.05) is 13.0 Å². The van der Waals surface area contributed by atoms with Crippen LogP contribution in [-0.2, 0) is 0 Å². The molecule has 2 atom stereocenters. The summed E-state index contributed by atoms with van der Waals surface area (Å²) in [5, 5.41) is 6.24. The van der Waals surface area contributed by atoms with Crippen LogP contribution in [0, 0.1) is 5.92 Å². The standard InChI is InChI=1S/C14H20BrN3O/c1-3-16-13-12(7-10(15)8-17-13)14(19)18-11-5-4-9(2)6-11/h7-9,11H,3-6H2,1-2H3,(H,16,17)(H,18,19). The number of anilines is 1. The fraction of sp³-hybridized carbons (Fsp3) is 0.571. The highest BCUT2D eigenvalue weighted by Crippen LogP contribution is 2.25. The molecule has 2 N–H and O–H groups in total. The lowest BCUT2D eigenvalue weighted by atomic mass is 10.1. The second-order valence-corrected chi connectivity index (χ2v) is 6.08. The van der Waals surface area contributed by atoms with Crippen LogP contribution in [-0.4, -0.2) is 23.5 Å². The summed E-state index contributed by atoms with van der Waals surface area (Å²) in [6.07, 6.45) is 5.04. The predicted molar refractivity (Wildman–Crippen MR) is 80.4 cm³/mol. The maximum atomic E-state index is 12.3. The lowest BCUT2D eigenvalue weighted by Gasteiger charge is -2.15. The van der Waals surface area contributed by atoms with E-state index in [1.54, 1.807) is 6.20 Å². The fourth-order valence-electron chi connectivity index (χ4n) is 2.52. The van der Waals surface area contributed by atoms with Crippen molar-refractivity contribution >= 4 is 27.7 Å². The number of carbonyl (C=O) groups is 1. The SMILES string of the molecule is CCNc1ncc(Br)cc1C(=O)NC1CCC(C)C1. The van der Waals surface area contributed by atoms with E-state index < -0.39 is 0 Å². The normalized spacial score (nSPS) is 22.3. The van der Waals surface area contributed by atoms with E-state index in [0.717, 1.165) is 23.9 Å². The highest BCUT2D eigenvalue weighted by molar-refractivity contribution is 9.10. The minimum absolute atomic E-state index is 0.0381. The lowest BCUT2D eigenvalue weighted by Crippen LogP contribution is -2.33. The summed E-state index contributed by atoms with van der Waals surface area (Å²) in [5.41, 5.74) is 0.607. The predicted octanol–water partition coefficient (Wildman–Crippen LogP) is 3.19. The first-order valence-electron chi connectivity index (χ1n) is 6.80. The molecule has 0 aliphatic heterocycles.